The molecule has 2 heterocycles. The van der Waals surface area contributed by atoms with Crippen molar-refractivity contribution in [1.82, 2.24) is 10.3 Å². The normalized spacial score (nSPS) is 23.7. The Morgan fingerprint density at radius 2 is 2.00 bits per heavy atom. The van der Waals surface area contributed by atoms with Crippen molar-refractivity contribution in [2.24, 2.45) is 5.92 Å². The number of hydrogen-bond acceptors (Lipinski definition) is 3. The first kappa shape index (κ1) is 12.6. The number of para-hydroxylation sites is 1. The highest BCUT2D eigenvalue weighted by atomic mass is 16.5. The summed E-state index contributed by atoms with van der Waals surface area (Å²) in [6, 6.07) is 12.5. The third kappa shape index (κ3) is 2.57. The van der Waals surface area contributed by atoms with Gasteiger partial charge in [0.25, 0.3) is 0 Å². The monoisotopic (exact) mass is 278 g/mol. The van der Waals surface area contributed by atoms with Crippen molar-refractivity contribution in [3.63, 3.8) is 0 Å². The lowest BCUT2D eigenvalue weighted by atomic mass is 9.91. The molecule has 1 fully saturated rings. The van der Waals surface area contributed by atoms with Gasteiger partial charge in [-0.15, -0.1) is 0 Å². The smallest absolute Gasteiger partial charge is 0.146 e. The van der Waals surface area contributed by atoms with Gasteiger partial charge in [0.1, 0.15) is 11.5 Å². The average molecular weight is 278 g/mol. The fraction of sp³-hybridized carbons (Fsp3) is 0.278. The summed E-state index contributed by atoms with van der Waals surface area (Å²) in [5.74, 6) is 2.32. The van der Waals surface area contributed by atoms with Crippen LogP contribution in [0.15, 0.2) is 54.9 Å². The Morgan fingerprint density at radius 3 is 2.86 bits per heavy atom. The van der Waals surface area contributed by atoms with Crippen LogP contribution in [0, 0.1) is 5.92 Å². The maximum atomic E-state index is 5.88. The molecule has 2 aromatic rings. The van der Waals surface area contributed by atoms with Gasteiger partial charge < -0.3 is 10.1 Å². The minimum absolute atomic E-state index is 0.539. The summed E-state index contributed by atoms with van der Waals surface area (Å²) in [5, 5.41) is 3.54. The Bertz CT molecular complexity index is 666. The number of aromatic nitrogens is 1. The van der Waals surface area contributed by atoms with Crippen molar-refractivity contribution in [3.8, 4) is 11.5 Å². The molecule has 0 saturated carbocycles. The molecule has 3 nitrogen and oxygen atoms in total. The highest BCUT2D eigenvalue weighted by Crippen LogP contribution is 2.39. The topological polar surface area (TPSA) is 34.1 Å². The van der Waals surface area contributed by atoms with E-state index in [1.807, 2.05) is 36.5 Å². The van der Waals surface area contributed by atoms with E-state index in [4.69, 9.17) is 4.74 Å². The highest BCUT2D eigenvalue weighted by molar-refractivity contribution is 5.71. The first-order valence-corrected chi connectivity index (χ1v) is 7.52. The molecule has 0 radical (unpaired) electrons. The van der Waals surface area contributed by atoms with Crippen LogP contribution in [0.2, 0.25) is 0 Å². The number of nitrogens with one attached hydrogen (secondary N) is 1. The van der Waals surface area contributed by atoms with Crippen LogP contribution < -0.4 is 10.1 Å². The molecule has 0 amide bonds. The molecule has 2 unspecified atom stereocenters. The number of pyridine rings is 1. The van der Waals surface area contributed by atoms with E-state index >= 15 is 0 Å². The van der Waals surface area contributed by atoms with Crippen LogP contribution in [0.25, 0.3) is 5.57 Å². The van der Waals surface area contributed by atoms with Gasteiger partial charge in [-0.2, -0.15) is 0 Å². The molecule has 2 aliphatic rings. The van der Waals surface area contributed by atoms with Crippen molar-refractivity contribution in [3.05, 3.63) is 60.4 Å². The summed E-state index contributed by atoms with van der Waals surface area (Å²) in [6.07, 6.45) is 8.52. The predicted octanol–water partition coefficient (Wildman–Crippen LogP) is 3.64. The molecule has 1 saturated heterocycles. The van der Waals surface area contributed by atoms with E-state index in [1.54, 1.807) is 6.20 Å². The highest BCUT2D eigenvalue weighted by Gasteiger charge is 2.30. The van der Waals surface area contributed by atoms with Gasteiger partial charge >= 0.3 is 0 Å². The van der Waals surface area contributed by atoms with Crippen molar-refractivity contribution in [2.45, 2.75) is 18.9 Å². The van der Waals surface area contributed by atoms with Crippen LogP contribution in [-0.4, -0.2) is 17.6 Å². The van der Waals surface area contributed by atoms with Gasteiger partial charge in [-0.05, 0) is 54.6 Å². The van der Waals surface area contributed by atoms with Gasteiger partial charge in [-0.25, -0.2) is 0 Å². The number of nitrogens with zero attached hydrogens (tertiary/aromatic N) is 1. The predicted molar refractivity (Wildman–Crippen MR) is 83.2 cm³/mol. The summed E-state index contributed by atoms with van der Waals surface area (Å²) in [7, 11) is 0. The second-order valence-corrected chi connectivity index (χ2v) is 5.73. The van der Waals surface area contributed by atoms with Crippen molar-refractivity contribution in [1.29, 1.82) is 0 Å². The van der Waals surface area contributed by atoms with Crippen LogP contribution in [-0.2, 0) is 0 Å². The Balaban J connectivity index is 1.60. The SMILES string of the molecule is C1=C(c2cncc(Oc3ccccc3)c2)C2CCNC1C2. The maximum absolute atomic E-state index is 5.88. The van der Waals surface area contributed by atoms with Gasteiger partial charge in [0, 0.05) is 12.2 Å². The summed E-state index contributed by atoms with van der Waals surface area (Å²) in [6.45, 7) is 1.11. The molecule has 1 aliphatic heterocycles. The number of piperidine rings is 1. The van der Waals surface area contributed by atoms with E-state index < -0.39 is 0 Å². The first-order valence-electron chi connectivity index (χ1n) is 7.52. The second kappa shape index (κ2) is 5.34. The first-order chi connectivity index (χ1) is 10.4. The third-order valence-electron chi connectivity index (χ3n) is 4.28. The van der Waals surface area contributed by atoms with E-state index in [2.05, 4.69) is 22.4 Å². The summed E-state index contributed by atoms with van der Waals surface area (Å²) < 4.78 is 5.88. The van der Waals surface area contributed by atoms with Crippen molar-refractivity contribution < 1.29 is 4.74 Å². The minimum atomic E-state index is 0.539. The van der Waals surface area contributed by atoms with Gasteiger partial charge in [0.15, 0.2) is 0 Å². The van der Waals surface area contributed by atoms with Gasteiger partial charge in [0.2, 0.25) is 0 Å². The van der Waals surface area contributed by atoms with E-state index in [0.717, 1.165) is 18.0 Å². The molecule has 2 atom stereocenters. The molecule has 3 heteroatoms. The number of benzene rings is 1. The Hall–Kier alpha value is -2.13. The molecule has 1 aliphatic carbocycles. The number of fused-ring (bicyclic) bond motifs is 2. The molecule has 4 rings (SSSR count). The second-order valence-electron chi connectivity index (χ2n) is 5.73. The number of rotatable bonds is 3. The van der Waals surface area contributed by atoms with Gasteiger partial charge in [-0.1, -0.05) is 24.3 Å². The lowest BCUT2D eigenvalue weighted by molar-refractivity contribution is 0.419. The number of allylic oxidation sites excluding steroid dienone is 1. The quantitative estimate of drug-likeness (QED) is 0.930. The molecule has 21 heavy (non-hydrogen) atoms. The van der Waals surface area contributed by atoms with E-state index in [1.165, 1.54) is 24.0 Å². The lowest BCUT2D eigenvalue weighted by Crippen LogP contribution is -2.32. The van der Waals surface area contributed by atoms with Gasteiger partial charge in [0.05, 0.1) is 6.20 Å². The lowest BCUT2D eigenvalue weighted by Gasteiger charge is -2.22. The molecule has 1 N–H and O–H groups in total. The summed E-state index contributed by atoms with van der Waals surface area (Å²) in [4.78, 5) is 4.35. The van der Waals surface area contributed by atoms with Crippen LogP contribution in [0.5, 0.6) is 11.5 Å². The Labute approximate surface area is 124 Å². The average Bonchev–Trinajstić information content (AvgIpc) is 2.83. The Morgan fingerprint density at radius 1 is 1.10 bits per heavy atom. The molecular formula is C18H18N2O. The van der Waals surface area contributed by atoms with E-state index in [0.29, 0.717) is 12.0 Å². The summed E-state index contributed by atoms with van der Waals surface area (Å²) >= 11 is 0. The fourth-order valence-electron chi connectivity index (χ4n) is 3.30. The Kier molecular flexibility index (Phi) is 3.20. The standard InChI is InChI=1S/C18H18N2O/c1-2-4-16(5-3-1)21-17-9-14(11-19-12-17)18-10-15-8-13(18)6-7-20-15/h1-5,9-13,15,20H,6-8H2. The summed E-state index contributed by atoms with van der Waals surface area (Å²) in [5.41, 5.74) is 2.62. The zero-order valence-electron chi connectivity index (χ0n) is 11.8. The van der Waals surface area contributed by atoms with Crippen molar-refractivity contribution in [2.75, 3.05) is 6.54 Å². The molecule has 106 valence electrons. The minimum Gasteiger partial charge on any atom is -0.456 e. The number of hydrogen-bond donors (Lipinski definition) is 1. The van der Waals surface area contributed by atoms with Crippen LogP contribution in [0.1, 0.15) is 18.4 Å². The van der Waals surface area contributed by atoms with E-state index in [-0.39, 0.29) is 0 Å². The largest absolute Gasteiger partial charge is 0.456 e. The van der Waals surface area contributed by atoms with Gasteiger partial charge in [-0.3, -0.25) is 4.98 Å². The van der Waals surface area contributed by atoms with Crippen molar-refractivity contribution >= 4 is 5.57 Å². The molecule has 1 aromatic heterocycles. The maximum Gasteiger partial charge on any atom is 0.146 e. The zero-order valence-corrected chi connectivity index (χ0v) is 11.8. The van der Waals surface area contributed by atoms with Crippen LogP contribution >= 0.6 is 0 Å². The molecular weight excluding hydrogens is 260 g/mol. The van der Waals surface area contributed by atoms with E-state index in [9.17, 15) is 0 Å². The molecule has 2 bridgehead atoms. The fourth-order valence-corrected chi connectivity index (χ4v) is 3.30. The molecule has 0 spiro atoms. The molecule has 1 aromatic carbocycles. The van der Waals surface area contributed by atoms with Crippen LogP contribution in [0.4, 0.5) is 0 Å². The van der Waals surface area contributed by atoms with Crippen LogP contribution in [0.3, 0.4) is 0 Å². The zero-order chi connectivity index (χ0) is 14.1. The third-order valence-corrected chi connectivity index (χ3v) is 4.28. The number of ether oxygens (including phenoxy) is 1.